The first-order valence-corrected chi connectivity index (χ1v) is 12.6. The molecule has 1 aliphatic heterocycles. The lowest BCUT2D eigenvalue weighted by atomic mass is 10.1. The molecule has 0 radical (unpaired) electrons. The lowest BCUT2D eigenvalue weighted by Crippen LogP contribution is -2.35. The topological polar surface area (TPSA) is 97.0 Å². The Morgan fingerprint density at radius 3 is 2.51 bits per heavy atom. The number of hydrogen-bond acceptors (Lipinski definition) is 5. The molecule has 11 heteroatoms. The predicted octanol–water partition coefficient (Wildman–Crippen LogP) is 5.23. The van der Waals surface area contributed by atoms with Crippen LogP contribution in [0.4, 0.5) is 15.8 Å². The SMILES string of the molecule is CCOc1cc(/C=C2/C(=O)NN(c3ccccc3)C2=O)c(Br)c(Br)c1OCC(=O)Nc1cccc(F)c1. The fourth-order valence-electron chi connectivity index (χ4n) is 3.48. The summed E-state index contributed by atoms with van der Waals surface area (Å²) in [6, 6.07) is 15.8. The smallest absolute Gasteiger partial charge is 0.282 e. The maximum absolute atomic E-state index is 13.4. The van der Waals surface area contributed by atoms with Gasteiger partial charge in [0.15, 0.2) is 18.1 Å². The summed E-state index contributed by atoms with van der Waals surface area (Å²) in [6.07, 6.45) is 1.44. The van der Waals surface area contributed by atoms with E-state index < -0.39 is 23.5 Å². The van der Waals surface area contributed by atoms with Crippen molar-refractivity contribution in [1.29, 1.82) is 0 Å². The van der Waals surface area contributed by atoms with E-state index in [4.69, 9.17) is 9.47 Å². The van der Waals surface area contributed by atoms with Gasteiger partial charge in [-0.2, -0.15) is 0 Å². The number of nitrogens with zero attached hydrogens (tertiary/aromatic N) is 1. The van der Waals surface area contributed by atoms with Crippen molar-refractivity contribution in [1.82, 2.24) is 5.43 Å². The zero-order valence-corrected chi connectivity index (χ0v) is 22.6. The van der Waals surface area contributed by atoms with Gasteiger partial charge in [-0.3, -0.25) is 19.8 Å². The minimum absolute atomic E-state index is 0.0676. The highest BCUT2D eigenvalue weighted by Crippen LogP contribution is 2.44. The summed E-state index contributed by atoms with van der Waals surface area (Å²) in [7, 11) is 0. The number of para-hydroxylation sites is 1. The molecule has 8 nitrogen and oxygen atoms in total. The molecule has 190 valence electrons. The van der Waals surface area contributed by atoms with E-state index in [0.29, 0.717) is 25.9 Å². The highest BCUT2D eigenvalue weighted by Gasteiger charge is 2.34. The minimum Gasteiger partial charge on any atom is -0.490 e. The molecule has 3 amide bonds. The van der Waals surface area contributed by atoms with Gasteiger partial charge in [0, 0.05) is 10.2 Å². The lowest BCUT2D eigenvalue weighted by Gasteiger charge is -2.16. The van der Waals surface area contributed by atoms with Gasteiger partial charge in [0.1, 0.15) is 11.4 Å². The normalized spacial score (nSPS) is 14.1. The van der Waals surface area contributed by atoms with Gasteiger partial charge in [0.05, 0.1) is 16.8 Å². The summed E-state index contributed by atoms with van der Waals surface area (Å²) < 4.78 is 25.7. The number of benzene rings is 3. The van der Waals surface area contributed by atoms with E-state index in [1.807, 2.05) is 0 Å². The lowest BCUT2D eigenvalue weighted by molar-refractivity contribution is -0.118. The van der Waals surface area contributed by atoms with Crippen molar-refractivity contribution in [2.45, 2.75) is 6.92 Å². The standard InChI is InChI=1S/C26H20Br2FN3O5/c1-2-36-20-12-15(11-19-25(34)31-32(26(19)35)18-9-4-3-5-10-18)22(27)23(28)24(20)37-14-21(33)30-17-8-6-7-16(29)13-17/h3-13H,2,14H2,1H3,(H,30,33)(H,31,34)/b19-11-. The first-order chi connectivity index (χ1) is 17.8. The number of hydrazine groups is 1. The molecule has 1 aliphatic rings. The Kier molecular flexibility index (Phi) is 8.24. The highest BCUT2D eigenvalue weighted by atomic mass is 79.9. The molecule has 0 aromatic heterocycles. The fraction of sp³-hybridized carbons (Fsp3) is 0.115. The molecular weight excluding hydrogens is 613 g/mol. The van der Waals surface area contributed by atoms with Gasteiger partial charge in [-0.15, -0.1) is 0 Å². The van der Waals surface area contributed by atoms with Gasteiger partial charge in [-0.1, -0.05) is 24.3 Å². The predicted molar refractivity (Wildman–Crippen MR) is 144 cm³/mol. The quantitative estimate of drug-likeness (QED) is 0.262. The van der Waals surface area contributed by atoms with Gasteiger partial charge in [0.2, 0.25) is 0 Å². The summed E-state index contributed by atoms with van der Waals surface area (Å²) in [6.45, 7) is 1.69. The summed E-state index contributed by atoms with van der Waals surface area (Å²) in [5.74, 6) is -1.52. The molecular formula is C26H20Br2FN3O5. The zero-order valence-electron chi connectivity index (χ0n) is 19.4. The maximum atomic E-state index is 13.4. The molecule has 1 saturated heterocycles. The third-order valence-electron chi connectivity index (χ3n) is 5.12. The van der Waals surface area contributed by atoms with E-state index in [1.165, 1.54) is 29.3 Å². The Labute approximate surface area is 228 Å². The number of rotatable bonds is 8. The first kappa shape index (κ1) is 26.4. The number of carbonyl (C=O) groups is 3. The molecule has 1 fully saturated rings. The Bertz CT molecular complexity index is 1400. The van der Waals surface area contributed by atoms with E-state index in [2.05, 4.69) is 42.6 Å². The maximum Gasteiger partial charge on any atom is 0.282 e. The largest absolute Gasteiger partial charge is 0.490 e. The van der Waals surface area contributed by atoms with Gasteiger partial charge in [-0.25, -0.2) is 9.40 Å². The average molecular weight is 633 g/mol. The molecule has 0 bridgehead atoms. The molecule has 3 aromatic rings. The Hall–Kier alpha value is -3.70. The summed E-state index contributed by atoms with van der Waals surface area (Å²) in [5, 5.41) is 3.73. The van der Waals surface area contributed by atoms with Crippen LogP contribution < -0.4 is 25.2 Å². The van der Waals surface area contributed by atoms with Crippen LogP contribution in [0.2, 0.25) is 0 Å². The van der Waals surface area contributed by atoms with Crippen molar-refractivity contribution in [3.05, 3.63) is 86.6 Å². The second kappa shape index (κ2) is 11.6. The molecule has 4 rings (SSSR count). The molecule has 1 heterocycles. The van der Waals surface area contributed by atoms with Crippen molar-refractivity contribution in [2.24, 2.45) is 0 Å². The van der Waals surface area contributed by atoms with Crippen LogP contribution in [-0.2, 0) is 14.4 Å². The zero-order chi connectivity index (χ0) is 26.5. The fourth-order valence-corrected chi connectivity index (χ4v) is 4.43. The van der Waals surface area contributed by atoms with E-state index in [-0.39, 0.29) is 30.3 Å². The summed E-state index contributed by atoms with van der Waals surface area (Å²) in [4.78, 5) is 37.9. The van der Waals surface area contributed by atoms with Crippen LogP contribution in [0.15, 0.2) is 75.2 Å². The monoisotopic (exact) mass is 631 g/mol. The van der Waals surface area contributed by atoms with Crippen molar-refractivity contribution >= 4 is 67.0 Å². The van der Waals surface area contributed by atoms with Crippen molar-refractivity contribution in [3.8, 4) is 11.5 Å². The Morgan fingerprint density at radius 2 is 1.81 bits per heavy atom. The van der Waals surface area contributed by atoms with Crippen molar-refractivity contribution < 1.29 is 28.2 Å². The van der Waals surface area contributed by atoms with Crippen LogP contribution in [0.1, 0.15) is 12.5 Å². The van der Waals surface area contributed by atoms with Gasteiger partial charge in [0.25, 0.3) is 17.7 Å². The van der Waals surface area contributed by atoms with E-state index in [9.17, 15) is 18.8 Å². The molecule has 37 heavy (non-hydrogen) atoms. The molecule has 0 saturated carbocycles. The second-order valence-corrected chi connectivity index (χ2v) is 9.26. The van der Waals surface area contributed by atoms with E-state index >= 15 is 0 Å². The van der Waals surface area contributed by atoms with Crippen LogP contribution in [-0.4, -0.2) is 30.9 Å². The highest BCUT2D eigenvalue weighted by molar-refractivity contribution is 9.13. The molecule has 0 atom stereocenters. The van der Waals surface area contributed by atoms with Crippen molar-refractivity contribution in [2.75, 3.05) is 23.5 Å². The number of nitrogens with one attached hydrogen (secondary N) is 2. The summed E-state index contributed by atoms with van der Waals surface area (Å²) >= 11 is 6.91. The molecule has 0 spiro atoms. The first-order valence-electron chi connectivity index (χ1n) is 11.0. The number of ether oxygens (including phenoxy) is 2. The number of halogens is 3. The minimum atomic E-state index is -0.552. The third-order valence-corrected chi connectivity index (χ3v) is 7.26. The van der Waals surface area contributed by atoms with Gasteiger partial charge >= 0.3 is 0 Å². The van der Waals surface area contributed by atoms with Gasteiger partial charge < -0.3 is 14.8 Å². The van der Waals surface area contributed by atoms with Crippen LogP contribution in [0.3, 0.4) is 0 Å². The van der Waals surface area contributed by atoms with Crippen LogP contribution in [0.5, 0.6) is 11.5 Å². The van der Waals surface area contributed by atoms with E-state index in [0.717, 1.165) is 0 Å². The number of carbonyl (C=O) groups excluding carboxylic acids is 3. The molecule has 2 N–H and O–H groups in total. The number of amides is 3. The van der Waals surface area contributed by atoms with Crippen LogP contribution >= 0.6 is 31.9 Å². The van der Waals surface area contributed by atoms with Crippen LogP contribution in [0, 0.1) is 5.82 Å². The second-order valence-electron chi connectivity index (χ2n) is 7.68. The number of hydrogen-bond donors (Lipinski definition) is 2. The Morgan fingerprint density at radius 1 is 1.05 bits per heavy atom. The molecule has 3 aromatic carbocycles. The summed E-state index contributed by atoms with van der Waals surface area (Å²) in [5.41, 5.74) is 3.79. The van der Waals surface area contributed by atoms with E-state index in [1.54, 1.807) is 49.4 Å². The molecule has 0 aliphatic carbocycles. The van der Waals surface area contributed by atoms with Gasteiger partial charge in [-0.05, 0) is 86.8 Å². The number of anilines is 2. The third kappa shape index (κ3) is 6.00. The average Bonchev–Trinajstić information content (AvgIpc) is 3.16. The van der Waals surface area contributed by atoms with Crippen molar-refractivity contribution in [3.63, 3.8) is 0 Å². The van der Waals surface area contributed by atoms with Crippen LogP contribution in [0.25, 0.3) is 6.08 Å². The molecule has 0 unspecified atom stereocenters. The Balaban J connectivity index is 1.58.